The van der Waals surface area contributed by atoms with E-state index in [1.165, 1.54) is 12.4 Å². The first-order valence-corrected chi connectivity index (χ1v) is 9.76. The summed E-state index contributed by atoms with van der Waals surface area (Å²) in [4.78, 5) is 29.3. The molecule has 3 rings (SSSR count). The molecule has 3 aromatic rings. The van der Waals surface area contributed by atoms with Crippen LogP contribution in [0, 0.1) is 0 Å². The van der Waals surface area contributed by atoms with Gasteiger partial charge in [-0.15, -0.1) is 0 Å². The molecule has 0 amide bonds. The first kappa shape index (κ1) is 24.2. The van der Waals surface area contributed by atoms with Gasteiger partial charge in [0.25, 0.3) is 0 Å². The number of aromatic nitrogens is 1. The van der Waals surface area contributed by atoms with Crippen LogP contribution in [-0.4, -0.2) is 16.6 Å². The van der Waals surface area contributed by atoms with Crippen LogP contribution in [0.1, 0.15) is 56.2 Å². The third-order valence-corrected chi connectivity index (χ3v) is 5.11. The summed E-state index contributed by atoms with van der Waals surface area (Å²) in [5.41, 5.74) is -1.05. The fourth-order valence-corrected chi connectivity index (χ4v) is 3.32. The Labute approximate surface area is 185 Å². The van der Waals surface area contributed by atoms with Gasteiger partial charge in [0.1, 0.15) is 0 Å². The number of alkyl halides is 6. The third kappa shape index (κ3) is 6.27. The molecule has 9 heteroatoms. The van der Waals surface area contributed by atoms with E-state index < -0.39 is 41.0 Å². The van der Waals surface area contributed by atoms with E-state index in [2.05, 4.69) is 4.98 Å². The SMILES string of the molecule is O=C(CC(CC(=O)c1ccc(C(F)(F)F)cc1)c1ccncc1)c1ccc(C(F)(F)F)cc1. The maximum absolute atomic E-state index is 12.8. The second kappa shape index (κ2) is 9.56. The van der Waals surface area contributed by atoms with Gasteiger partial charge in [-0.05, 0) is 47.9 Å². The van der Waals surface area contributed by atoms with Crippen molar-refractivity contribution in [3.05, 3.63) is 101 Å². The van der Waals surface area contributed by atoms with Crippen molar-refractivity contribution in [2.45, 2.75) is 31.1 Å². The Morgan fingerprint density at radius 2 is 1.00 bits per heavy atom. The Bertz CT molecular complexity index is 1030. The standard InChI is InChI=1S/C24H17F6NO2/c25-23(26,27)19-5-1-16(2-6-19)21(32)13-18(15-9-11-31-12-10-15)14-22(33)17-3-7-20(8-4-17)24(28,29)30/h1-12,18H,13-14H2. The van der Waals surface area contributed by atoms with Crippen LogP contribution in [0.25, 0.3) is 0 Å². The van der Waals surface area contributed by atoms with Crippen LogP contribution in [0.3, 0.4) is 0 Å². The lowest BCUT2D eigenvalue weighted by molar-refractivity contribution is -0.138. The average molecular weight is 465 g/mol. The molecule has 0 unspecified atom stereocenters. The molecule has 0 saturated heterocycles. The number of rotatable bonds is 7. The van der Waals surface area contributed by atoms with Crippen molar-refractivity contribution < 1.29 is 35.9 Å². The van der Waals surface area contributed by atoms with Crippen molar-refractivity contribution in [3.63, 3.8) is 0 Å². The molecule has 172 valence electrons. The summed E-state index contributed by atoms with van der Waals surface area (Å²) in [5, 5.41) is 0. The van der Waals surface area contributed by atoms with Crippen molar-refractivity contribution in [2.24, 2.45) is 0 Å². The highest BCUT2D eigenvalue weighted by atomic mass is 19.4. The maximum Gasteiger partial charge on any atom is 0.416 e. The van der Waals surface area contributed by atoms with Crippen LogP contribution in [0.15, 0.2) is 73.1 Å². The molecule has 0 N–H and O–H groups in total. The fraction of sp³-hybridized carbons (Fsp3) is 0.208. The topological polar surface area (TPSA) is 47.0 Å². The van der Waals surface area contributed by atoms with Gasteiger partial charge in [0, 0.05) is 36.4 Å². The average Bonchev–Trinajstić information content (AvgIpc) is 2.78. The highest BCUT2D eigenvalue weighted by Gasteiger charge is 2.31. The lowest BCUT2D eigenvalue weighted by Gasteiger charge is -2.17. The molecule has 3 nitrogen and oxygen atoms in total. The normalized spacial score (nSPS) is 12.1. The number of nitrogens with zero attached hydrogens (tertiary/aromatic N) is 1. The number of hydrogen-bond acceptors (Lipinski definition) is 3. The summed E-state index contributed by atoms with van der Waals surface area (Å²) >= 11 is 0. The zero-order valence-corrected chi connectivity index (χ0v) is 17.0. The molecule has 1 aromatic heterocycles. The fourth-order valence-electron chi connectivity index (χ4n) is 3.32. The van der Waals surface area contributed by atoms with E-state index in [1.807, 2.05) is 0 Å². The Kier molecular flexibility index (Phi) is 7.00. The zero-order valence-electron chi connectivity index (χ0n) is 17.0. The van der Waals surface area contributed by atoms with E-state index in [0.29, 0.717) is 5.56 Å². The van der Waals surface area contributed by atoms with Gasteiger partial charge < -0.3 is 0 Å². The molecule has 0 fully saturated rings. The highest BCUT2D eigenvalue weighted by Crippen LogP contribution is 2.32. The Hall–Kier alpha value is -3.49. The number of pyridine rings is 1. The summed E-state index contributed by atoms with van der Waals surface area (Å²) in [7, 11) is 0. The van der Waals surface area contributed by atoms with Gasteiger partial charge >= 0.3 is 12.4 Å². The summed E-state index contributed by atoms with van der Waals surface area (Å²) < 4.78 is 76.5. The summed E-state index contributed by atoms with van der Waals surface area (Å²) in [6, 6.07) is 10.7. The number of hydrogen-bond donors (Lipinski definition) is 0. The molecule has 0 aliphatic carbocycles. The van der Waals surface area contributed by atoms with Crippen molar-refractivity contribution >= 4 is 11.6 Å². The van der Waals surface area contributed by atoms with E-state index >= 15 is 0 Å². The minimum absolute atomic E-state index is 0.0593. The van der Waals surface area contributed by atoms with Gasteiger partial charge in [-0.1, -0.05) is 24.3 Å². The zero-order chi connectivity index (χ0) is 24.2. The highest BCUT2D eigenvalue weighted by molar-refractivity contribution is 5.99. The molecule has 0 radical (unpaired) electrons. The number of ketones is 2. The van der Waals surface area contributed by atoms with E-state index in [-0.39, 0.29) is 24.0 Å². The Balaban J connectivity index is 1.79. The summed E-state index contributed by atoms with van der Waals surface area (Å²) in [5.74, 6) is -1.57. The predicted molar refractivity (Wildman–Crippen MR) is 108 cm³/mol. The number of carbonyl (C=O) groups is 2. The van der Waals surface area contributed by atoms with Crippen LogP contribution in [0.4, 0.5) is 26.3 Å². The predicted octanol–water partition coefficient (Wildman–Crippen LogP) is 6.75. The van der Waals surface area contributed by atoms with Gasteiger partial charge in [0.2, 0.25) is 0 Å². The van der Waals surface area contributed by atoms with E-state index in [4.69, 9.17) is 0 Å². The van der Waals surface area contributed by atoms with Crippen molar-refractivity contribution in [1.29, 1.82) is 0 Å². The molecule has 1 heterocycles. The van der Waals surface area contributed by atoms with E-state index in [9.17, 15) is 35.9 Å². The Morgan fingerprint density at radius 1 is 0.636 bits per heavy atom. The minimum Gasteiger partial charge on any atom is -0.294 e. The molecule has 0 aliphatic rings. The van der Waals surface area contributed by atoms with Gasteiger partial charge in [0.05, 0.1) is 11.1 Å². The van der Waals surface area contributed by atoms with Crippen LogP contribution in [-0.2, 0) is 12.4 Å². The first-order valence-electron chi connectivity index (χ1n) is 9.76. The summed E-state index contributed by atoms with van der Waals surface area (Å²) in [6.45, 7) is 0. The second-order valence-corrected chi connectivity index (χ2v) is 7.38. The molecular weight excluding hydrogens is 448 g/mol. The van der Waals surface area contributed by atoms with Crippen molar-refractivity contribution in [1.82, 2.24) is 4.98 Å². The van der Waals surface area contributed by atoms with Crippen molar-refractivity contribution in [2.75, 3.05) is 0 Å². The van der Waals surface area contributed by atoms with Crippen LogP contribution in [0.2, 0.25) is 0 Å². The quantitative estimate of drug-likeness (QED) is 0.287. The molecule has 0 atom stereocenters. The molecule has 0 spiro atoms. The maximum atomic E-state index is 12.8. The molecule has 0 saturated carbocycles. The molecule has 0 aliphatic heterocycles. The van der Waals surface area contributed by atoms with Gasteiger partial charge in [-0.2, -0.15) is 26.3 Å². The molecular formula is C24H17F6NO2. The second-order valence-electron chi connectivity index (χ2n) is 7.38. The lowest BCUT2D eigenvalue weighted by Crippen LogP contribution is -2.13. The number of benzene rings is 2. The van der Waals surface area contributed by atoms with Gasteiger partial charge in [0.15, 0.2) is 11.6 Å². The van der Waals surface area contributed by atoms with Crippen LogP contribution >= 0.6 is 0 Å². The lowest BCUT2D eigenvalue weighted by atomic mass is 9.86. The third-order valence-electron chi connectivity index (χ3n) is 5.11. The monoisotopic (exact) mass is 465 g/mol. The number of carbonyl (C=O) groups excluding carboxylic acids is 2. The first-order chi connectivity index (χ1) is 15.4. The number of Topliss-reactive ketones (excluding diaryl/α,β-unsaturated/α-hetero) is 2. The minimum atomic E-state index is -4.53. The van der Waals surface area contributed by atoms with E-state index in [0.717, 1.165) is 48.5 Å². The molecule has 0 bridgehead atoms. The largest absolute Gasteiger partial charge is 0.416 e. The van der Waals surface area contributed by atoms with E-state index in [1.54, 1.807) is 12.1 Å². The Morgan fingerprint density at radius 3 is 1.33 bits per heavy atom. The molecule has 33 heavy (non-hydrogen) atoms. The number of halogens is 6. The summed E-state index contributed by atoms with van der Waals surface area (Å²) in [6.07, 6.45) is -6.49. The molecule has 2 aromatic carbocycles. The van der Waals surface area contributed by atoms with Crippen molar-refractivity contribution in [3.8, 4) is 0 Å². The van der Waals surface area contributed by atoms with Crippen LogP contribution < -0.4 is 0 Å². The van der Waals surface area contributed by atoms with Gasteiger partial charge in [-0.3, -0.25) is 14.6 Å². The van der Waals surface area contributed by atoms with Crippen LogP contribution in [0.5, 0.6) is 0 Å². The van der Waals surface area contributed by atoms with Gasteiger partial charge in [-0.25, -0.2) is 0 Å². The smallest absolute Gasteiger partial charge is 0.294 e.